The van der Waals surface area contributed by atoms with Gasteiger partial charge in [-0.3, -0.25) is 14.9 Å². The maximum absolute atomic E-state index is 12.3. The Hall–Kier alpha value is -4.15. The van der Waals surface area contributed by atoms with Crippen LogP contribution in [0.2, 0.25) is 0 Å². The molecule has 11 nitrogen and oxygen atoms in total. The maximum Gasteiger partial charge on any atom is 0.338 e. The van der Waals surface area contributed by atoms with Crippen LogP contribution in [-0.4, -0.2) is 43.1 Å². The van der Waals surface area contributed by atoms with E-state index in [4.69, 9.17) is 4.74 Å². The number of carbonyl (C=O) groups is 2. The third-order valence-electron chi connectivity index (χ3n) is 3.71. The Morgan fingerprint density at radius 1 is 1.21 bits per heavy atom. The van der Waals surface area contributed by atoms with E-state index in [0.29, 0.717) is 5.69 Å². The predicted molar refractivity (Wildman–Crippen MR) is 95.8 cm³/mol. The number of ether oxygens (including phenoxy) is 1. The van der Waals surface area contributed by atoms with Crippen LogP contribution in [0.4, 0.5) is 11.4 Å². The smallest absolute Gasteiger partial charge is 0.338 e. The molecule has 0 unspecified atom stereocenters. The molecular weight excluding hydrogens is 368 g/mol. The Morgan fingerprint density at radius 2 is 2.00 bits per heavy atom. The van der Waals surface area contributed by atoms with E-state index in [0.717, 1.165) is 0 Å². The third-order valence-corrected chi connectivity index (χ3v) is 3.71. The molecule has 1 amide bonds. The molecule has 1 N–H and O–H groups in total. The Kier molecular flexibility index (Phi) is 5.35. The first-order valence-electron chi connectivity index (χ1n) is 8.04. The van der Waals surface area contributed by atoms with E-state index < -0.39 is 22.9 Å². The summed E-state index contributed by atoms with van der Waals surface area (Å²) < 4.78 is 6.52. The molecule has 0 aliphatic carbocycles. The van der Waals surface area contributed by atoms with Gasteiger partial charge in [0, 0.05) is 6.07 Å². The van der Waals surface area contributed by atoms with Crippen molar-refractivity contribution >= 4 is 23.3 Å². The van der Waals surface area contributed by atoms with Crippen molar-refractivity contribution in [1.82, 2.24) is 20.2 Å². The summed E-state index contributed by atoms with van der Waals surface area (Å²) in [6, 6.07) is 12.0. The molecule has 0 spiro atoms. The van der Waals surface area contributed by atoms with E-state index in [2.05, 4.69) is 20.8 Å². The maximum atomic E-state index is 12.3. The monoisotopic (exact) mass is 382 g/mol. The number of nitro groups is 1. The van der Waals surface area contributed by atoms with Crippen molar-refractivity contribution in [2.24, 2.45) is 0 Å². The van der Waals surface area contributed by atoms with Crippen molar-refractivity contribution < 1.29 is 19.2 Å². The van der Waals surface area contributed by atoms with E-state index in [9.17, 15) is 19.7 Å². The number of benzene rings is 2. The number of para-hydroxylation sites is 2. The molecule has 28 heavy (non-hydrogen) atoms. The Bertz CT molecular complexity index is 1020. The van der Waals surface area contributed by atoms with Gasteiger partial charge >= 0.3 is 5.97 Å². The number of carbonyl (C=O) groups excluding carboxylic acids is 2. The summed E-state index contributed by atoms with van der Waals surface area (Å²) in [6.45, 7) is 1.37. The van der Waals surface area contributed by atoms with E-state index in [-0.39, 0.29) is 16.9 Å². The summed E-state index contributed by atoms with van der Waals surface area (Å²) in [4.78, 5) is 35.0. The van der Waals surface area contributed by atoms with E-state index in [1.165, 1.54) is 48.3 Å². The van der Waals surface area contributed by atoms with Crippen LogP contribution in [0.5, 0.6) is 0 Å². The highest BCUT2D eigenvalue weighted by Gasteiger charge is 2.22. The van der Waals surface area contributed by atoms with Gasteiger partial charge < -0.3 is 10.1 Å². The van der Waals surface area contributed by atoms with Crippen LogP contribution in [0.15, 0.2) is 54.9 Å². The van der Waals surface area contributed by atoms with Crippen molar-refractivity contribution in [3.63, 3.8) is 0 Å². The second-order valence-electron chi connectivity index (χ2n) is 5.62. The summed E-state index contributed by atoms with van der Waals surface area (Å²) in [6.07, 6.45) is 0.191. The van der Waals surface area contributed by atoms with Crippen molar-refractivity contribution in [3.8, 4) is 5.69 Å². The van der Waals surface area contributed by atoms with Gasteiger partial charge in [-0.15, -0.1) is 5.10 Å². The number of anilines is 1. The first kappa shape index (κ1) is 18.6. The number of esters is 1. The number of nitro benzene ring substituents is 1. The van der Waals surface area contributed by atoms with Crippen LogP contribution in [0.1, 0.15) is 17.3 Å². The normalized spacial score (nSPS) is 11.5. The quantitative estimate of drug-likeness (QED) is 0.386. The molecule has 3 aromatic rings. The molecule has 0 radical (unpaired) electrons. The fourth-order valence-electron chi connectivity index (χ4n) is 2.31. The van der Waals surface area contributed by atoms with Crippen molar-refractivity contribution in [3.05, 3.63) is 70.5 Å². The number of aromatic nitrogens is 4. The summed E-state index contributed by atoms with van der Waals surface area (Å²) >= 11 is 0. The van der Waals surface area contributed by atoms with Gasteiger partial charge in [0.2, 0.25) is 0 Å². The number of hydrogen-bond acceptors (Lipinski definition) is 8. The van der Waals surface area contributed by atoms with Crippen LogP contribution in [-0.2, 0) is 9.53 Å². The molecule has 0 aliphatic heterocycles. The second kappa shape index (κ2) is 8.03. The molecule has 0 saturated heterocycles. The summed E-state index contributed by atoms with van der Waals surface area (Å²) in [7, 11) is 0. The minimum absolute atomic E-state index is 0.0149. The first-order valence-corrected chi connectivity index (χ1v) is 8.04. The number of tetrazole rings is 1. The molecule has 1 atom stereocenters. The zero-order chi connectivity index (χ0) is 20.1. The van der Waals surface area contributed by atoms with Gasteiger partial charge in [-0.2, -0.15) is 0 Å². The lowest BCUT2D eigenvalue weighted by atomic mass is 10.2. The Morgan fingerprint density at radius 3 is 2.71 bits per heavy atom. The van der Waals surface area contributed by atoms with E-state index in [1.807, 2.05) is 0 Å². The van der Waals surface area contributed by atoms with Crippen LogP contribution in [0.3, 0.4) is 0 Å². The number of rotatable bonds is 6. The minimum atomic E-state index is -1.18. The van der Waals surface area contributed by atoms with Crippen LogP contribution in [0.25, 0.3) is 5.69 Å². The molecule has 0 bridgehead atoms. The number of amides is 1. The molecule has 0 aliphatic rings. The molecular formula is C17H14N6O5. The summed E-state index contributed by atoms with van der Waals surface area (Å²) in [5.74, 6) is -1.43. The zero-order valence-electron chi connectivity index (χ0n) is 14.6. The second-order valence-corrected chi connectivity index (χ2v) is 5.62. The van der Waals surface area contributed by atoms with Gasteiger partial charge in [-0.25, -0.2) is 9.48 Å². The van der Waals surface area contributed by atoms with Gasteiger partial charge in [0.15, 0.2) is 6.10 Å². The van der Waals surface area contributed by atoms with Crippen LogP contribution in [0, 0.1) is 10.1 Å². The van der Waals surface area contributed by atoms with E-state index in [1.54, 1.807) is 18.2 Å². The summed E-state index contributed by atoms with van der Waals surface area (Å²) in [5, 5.41) is 24.2. The molecule has 3 rings (SSSR count). The van der Waals surface area contributed by atoms with Gasteiger partial charge in [0.1, 0.15) is 12.0 Å². The molecule has 0 fully saturated rings. The first-order chi connectivity index (χ1) is 13.5. The standard InChI is InChI=1S/C17H14N6O5/c1-11(16(24)19-14-7-2-3-8-15(14)23(26)27)28-17(25)12-5-4-6-13(9-12)22-10-18-20-21-22/h2-11H,1H3,(H,19,24)/t11-/m1/s1. The van der Waals surface area contributed by atoms with Crippen LogP contribution < -0.4 is 5.32 Å². The van der Waals surface area contributed by atoms with Gasteiger partial charge in [0.05, 0.1) is 16.2 Å². The fraction of sp³-hybridized carbons (Fsp3) is 0.118. The topological polar surface area (TPSA) is 142 Å². The van der Waals surface area contributed by atoms with Gasteiger partial charge in [-0.05, 0) is 41.6 Å². The highest BCUT2D eigenvalue weighted by molar-refractivity contribution is 5.98. The lowest BCUT2D eigenvalue weighted by molar-refractivity contribution is -0.383. The number of nitrogens with one attached hydrogen (secondary N) is 1. The third kappa shape index (κ3) is 4.15. The highest BCUT2D eigenvalue weighted by Crippen LogP contribution is 2.23. The molecule has 2 aromatic carbocycles. The largest absolute Gasteiger partial charge is 0.449 e. The summed E-state index contributed by atoms with van der Waals surface area (Å²) in [5.41, 5.74) is 0.486. The lowest BCUT2D eigenvalue weighted by Gasteiger charge is -2.14. The minimum Gasteiger partial charge on any atom is -0.449 e. The average Bonchev–Trinajstić information content (AvgIpc) is 3.23. The zero-order valence-corrected chi connectivity index (χ0v) is 14.6. The molecule has 1 aromatic heterocycles. The van der Waals surface area contributed by atoms with Crippen molar-refractivity contribution in [2.75, 3.05) is 5.32 Å². The molecule has 0 saturated carbocycles. The van der Waals surface area contributed by atoms with Gasteiger partial charge in [-0.1, -0.05) is 18.2 Å². The van der Waals surface area contributed by atoms with E-state index >= 15 is 0 Å². The molecule has 11 heteroatoms. The highest BCUT2D eigenvalue weighted by atomic mass is 16.6. The SMILES string of the molecule is C[C@@H](OC(=O)c1cccc(-n2cnnn2)c1)C(=O)Nc1ccccc1[N+](=O)[O-]. The average molecular weight is 382 g/mol. The van der Waals surface area contributed by atoms with Crippen molar-refractivity contribution in [2.45, 2.75) is 13.0 Å². The van der Waals surface area contributed by atoms with Gasteiger partial charge in [0.25, 0.3) is 11.6 Å². The van der Waals surface area contributed by atoms with Crippen LogP contribution >= 0.6 is 0 Å². The number of nitrogens with zero attached hydrogens (tertiary/aromatic N) is 5. The fourth-order valence-corrected chi connectivity index (χ4v) is 2.31. The molecule has 1 heterocycles. The lowest BCUT2D eigenvalue weighted by Crippen LogP contribution is -2.30. The Labute approximate surface area is 158 Å². The predicted octanol–water partition coefficient (Wildman–Crippen LogP) is 1.75. The number of hydrogen-bond donors (Lipinski definition) is 1. The molecule has 142 valence electrons. The van der Waals surface area contributed by atoms with Crippen molar-refractivity contribution in [1.29, 1.82) is 0 Å². The Balaban J connectivity index is 1.68.